The van der Waals surface area contributed by atoms with Gasteiger partial charge in [0.05, 0.1) is 6.54 Å². The fourth-order valence-corrected chi connectivity index (χ4v) is 3.06. The number of aryl methyl sites for hydroxylation is 1. The van der Waals surface area contributed by atoms with Gasteiger partial charge in [-0.2, -0.15) is 8.78 Å². The molecule has 154 valence electrons. The van der Waals surface area contributed by atoms with Crippen molar-refractivity contribution in [1.82, 2.24) is 15.5 Å². The fraction of sp³-hybridized carbons (Fsp3) is 0.632. The molecule has 0 amide bonds. The van der Waals surface area contributed by atoms with Gasteiger partial charge in [-0.25, -0.2) is 4.99 Å². The van der Waals surface area contributed by atoms with E-state index < -0.39 is 6.61 Å². The predicted molar refractivity (Wildman–Crippen MR) is 116 cm³/mol. The van der Waals surface area contributed by atoms with Gasteiger partial charge in [0.1, 0.15) is 5.75 Å². The SMILES string of the molecule is CCNC(=NCc1cc(C)ccc1OC(F)F)NCCCN1CCCC1.I. The fourth-order valence-electron chi connectivity index (χ4n) is 3.06. The van der Waals surface area contributed by atoms with Crippen LogP contribution < -0.4 is 15.4 Å². The second-order valence-electron chi connectivity index (χ2n) is 6.51. The molecule has 5 nitrogen and oxygen atoms in total. The van der Waals surface area contributed by atoms with Gasteiger partial charge in [-0.1, -0.05) is 17.7 Å². The number of aliphatic imine (C=N–C) groups is 1. The average Bonchev–Trinajstić information content (AvgIpc) is 3.11. The molecular weight excluding hydrogens is 465 g/mol. The largest absolute Gasteiger partial charge is 0.434 e. The lowest BCUT2D eigenvalue weighted by atomic mass is 10.1. The molecule has 2 rings (SSSR count). The van der Waals surface area contributed by atoms with Gasteiger partial charge in [0.25, 0.3) is 0 Å². The van der Waals surface area contributed by atoms with Crippen LogP contribution in [0.15, 0.2) is 23.2 Å². The highest BCUT2D eigenvalue weighted by Gasteiger charge is 2.11. The van der Waals surface area contributed by atoms with E-state index in [1.165, 1.54) is 25.9 Å². The summed E-state index contributed by atoms with van der Waals surface area (Å²) in [6, 6.07) is 5.16. The third kappa shape index (κ3) is 9.05. The number of nitrogens with one attached hydrogen (secondary N) is 2. The van der Waals surface area contributed by atoms with Crippen molar-refractivity contribution in [2.24, 2.45) is 4.99 Å². The standard InChI is InChI=1S/C19H30F2N4O.HI/c1-3-22-19(23-9-6-12-25-10-4-5-11-25)24-14-16-13-15(2)7-8-17(16)26-18(20)21;/h7-8,13,18H,3-6,9-12,14H2,1-2H3,(H2,22,23,24);1H. The molecule has 1 saturated heterocycles. The Hall–Kier alpha value is -1.16. The zero-order chi connectivity index (χ0) is 18.8. The first-order valence-corrected chi connectivity index (χ1v) is 9.37. The molecule has 0 radical (unpaired) electrons. The maximum atomic E-state index is 12.6. The molecule has 0 bridgehead atoms. The summed E-state index contributed by atoms with van der Waals surface area (Å²) in [5.41, 5.74) is 1.64. The number of hydrogen-bond donors (Lipinski definition) is 2. The first kappa shape index (κ1) is 23.9. The number of halogens is 3. The summed E-state index contributed by atoms with van der Waals surface area (Å²) in [5.74, 6) is 0.873. The van der Waals surface area contributed by atoms with Crippen molar-refractivity contribution >= 4 is 29.9 Å². The van der Waals surface area contributed by atoms with E-state index in [4.69, 9.17) is 0 Å². The molecule has 0 aromatic heterocycles. The van der Waals surface area contributed by atoms with Crippen LogP contribution in [0.3, 0.4) is 0 Å². The number of guanidine groups is 1. The van der Waals surface area contributed by atoms with Gasteiger partial charge in [-0.3, -0.25) is 0 Å². The molecule has 8 heteroatoms. The normalized spacial score (nSPS) is 14.9. The van der Waals surface area contributed by atoms with Gasteiger partial charge in [0.15, 0.2) is 5.96 Å². The third-order valence-corrected chi connectivity index (χ3v) is 4.33. The van der Waals surface area contributed by atoms with Crippen LogP contribution in [-0.2, 0) is 6.54 Å². The first-order valence-electron chi connectivity index (χ1n) is 9.37. The molecule has 1 aromatic rings. The van der Waals surface area contributed by atoms with Crippen LogP contribution in [0.5, 0.6) is 5.75 Å². The number of rotatable bonds is 9. The Bertz CT molecular complexity index is 581. The van der Waals surface area contributed by atoms with E-state index in [1.807, 2.05) is 19.9 Å². The van der Waals surface area contributed by atoms with E-state index in [-0.39, 0.29) is 36.3 Å². The van der Waals surface area contributed by atoms with Crippen molar-refractivity contribution in [3.8, 4) is 5.75 Å². The Morgan fingerprint density at radius 2 is 2.00 bits per heavy atom. The van der Waals surface area contributed by atoms with E-state index >= 15 is 0 Å². The molecule has 0 saturated carbocycles. The predicted octanol–water partition coefficient (Wildman–Crippen LogP) is 3.76. The second-order valence-corrected chi connectivity index (χ2v) is 6.51. The minimum atomic E-state index is -2.84. The minimum absolute atomic E-state index is 0. The number of hydrogen-bond acceptors (Lipinski definition) is 3. The number of nitrogens with zero attached hydrogens (tertiary/aromatic N) is 2. The van der Waals surface area contributed by atoms with E-state index in [1.54, 1.807) is 12.1 Å². The van der Waals surface area contributed by atoms with E-state index in [2.05, 4.69) is 25.3 Å². The highest BCUT2D eigenvalue weighted by molar-refractivity contribution is 14.0. The van der Waals surface area contributed by atoms with Gasteiger partial charge in [-0.05, 0) is 58.8 Å². The maximum Gasteiger partial charge on any atom is 0.387 e. The van der Waals surface area contributed by atoms with Crippen molar-refractivity contribution in [2.45, 2.75) is 46.3 Å². The molecule has 1 aliphatic heterocycles. The van der Waals surface area contributed by atoms with Crippen LogP contribution in [0.1, 0.15) is 37.3 Å². The van der Waals surface area contributed by atoms with Crippen molar-refractivity contribution in [3.63, 3.8) is 0 Å². The summed E-state index contributed by atoms with van der Waals surface area (Å²) in [6.45, 7) is 6.44. The molecule has 0 aliphatic carbocycles. The molecule has 1 fully saturated rings. The maximum absolute atomic E-state index is 12.6. The summed E-state index contributed by atoms with van der Waals surface area (Å²) in [7, 11) is 0. The molecule has 0 spiro atoms. The number of benzene rings is 1. The first-order chi connectivity index (χ1) is 12.6. The smallest absolute Gasteiger partial charge is 0.387 e. The quantitative estimate of drug-likeness (QED) is 0.237. The molecule has 0 atom stereocenters. The molecule has 0 unspecified atom stereocenters. The Morgan fingerprint density at radius 3 is 2.67 bits per heavy atom. The Balaban J connectivity index is 0.00000364. The van der Waals surface area contributed by atoms with Crippen LogP contribution in [0.2, 0.25) is 0 Å². The van der Waals surface area contributed by atoms with Crippen LogP contribution in [0.4, 0.5) is 8.78 Å². The van der Waals surface area contributed by atoms with Crippen molar-refractivity contribution in [2.75, 3.05) is 32.7 Å². The van der Waals surface area contributed by atoms with Crippen LogP contribution in [-0.4, -0.2) is 50.2 Å². The van der Waals surface area contributed by atoms with Gasteiger partial charge in [-0.15, -0.1) is 24.0 Å². The summed E-state index contributed by atoms with van der Waals surface area (Å²) in [4.78, 5) is 7.00. The van der Waals surface area contributed by atoms with Crippen molar-refractivity contribution in [1.29, 1.82) is 0 Å². The van der Waals surface area contributed by atoms with Gasteiger partial charge in [0.2, 0.25) is 0 Å². The van der Waals surface area contributed by atoms with Gasteiger partial charge < -0.3 is 20.3 Å². The highest BCUT2D eigenvalue weighted by atomic mass is 127. The van der Waals surface area contributed by atoms with E-state index in [0.717, 1.165) is 31.6 Å². The summed E-state index contributed by atoms with van der Waals surface area (Å²) in [5, 5.41) is 6.51. The summed E-state index contributed by atoms with van der Waals surface area (Å²) >= 11 is 0. The highest BCUT2D eigenvalue weighted by Crippen LogP contribution is 2.22. The summed E-state index contributed by atoms with van der Waals surface area (Å²) in [6.07, 6.45) is 3.66. The van der Waals surface area contributed by atoms with Gasteiger partial charge >= 0.3 is 6.61 Å². The molecule has 27 heavy (non-hydrogen) atoms. The second kappa shape index (κ2) is 13.1. The topological polar surface area (TPSA) is 48.9 Å². The summed E-state index contributed by atoms with van der Waals surface area (Å²) < 4.78 is 29.7. The molecule has 1 aliphatic rings. The third-order valence-electron chi connectivity index (χ3n) is 4.33. The molecule has 1 heterocycles. The van der Waals surface area contributed by atoms with Crippen molar-refractivity contribution in [3.05, 3.63) is 29.3 Å². The lowest BCUT2D eigenvalue weighted by Gasteiger charge is -2.16. The van der Waals surface area contributed by atoms with E-state index in [9.17, 15) is 8.78 Å². The minimum Gasteiger partial charge on any atom is -0.434 e. The van der Waals surface area contributed by atoms with Gasteiger partial charge in [0, 0.05) is 18.7 Å². The van der Waals surface area contributed by atoms with Crippen LogP contribution in [0, 0.1) is 6.92 Å². The Labute approximate surface area is 178 Å². The Kier molecular flexibility index (Phi) is 11.6. The zero-order valence-electron chi connectivity index (χ0n) is 16.1. The van der Waals surface area contributed by atoms with Crippen LogP contribution in [0.25, 0.3) is 0 Å². The number of alkyl halides is 2. The van der Waals surface area contributed by atoms with Crippen LogP contribution >= 0.6 is 24.0 Å². The molecule has 2 N–H and O–H groups in total. The number of ether oxygens (including phenoxy) is 1. The average molecular weight is 496 g/mol. The monoisotopic (exact) mass is 496 g/mol. The zero-order valence-corrected chi connectivity index (χ0v) is 18.5. The Morgan fingerprint density at radius 1 is 1.26 bits per heavy atom. The molecule has 1 aromatic carbocycles. The van der Waals surface area contributed by atoms with Crippen molar-refractivity contribution < 1.29 is 13.5 Å². The lowest BCUT2D eigenvalue weighted by Crippen LogP contribution is -2.38. The van der Waals surface area contributed by atoms with E-state index in [0.29, 0.717) is 11.5 Å². The number of likely N-dealkylation sites (tertiary alicyclic amines) is 1. The lowest BCUT2D eigenvalue weighted by molar-refractivity contribution is -0.0504. The molecular formula is C19H31F2IN4O.